The summed E-state index contributed by atoms with van der Waals surface area (Å²) in [7, 11) is 0. The summed E-state index contributed by atoms with van der Waals surface area (Å²) in [5, 5.41) is 2.72. The van der Waals surface area contributed by atoms with Crippen molar-refractivity contribution in [3.05, 3.63) is 0 Å². The first-order valence-corrected chi connectivity index (χ1v) is 5.14. The van der Waals surface area contributed by atoms with Crippen LogP contribution in [0.4, 0.5) is 4.39 Å². The fourth-order valence-corrected chi connectivity index (χ4v) is 1.17. The van der Waals surface area contributed by atoms with Crippen LogP contribution in [-0.2, 0) is 0 Å². The Bertz CT molecular complexity index is 226. The third-order valence-corrected chi connectivity index (χ3v) is 1.63. The summed E-state index contributed by atoms with van der Waals surface area (Å²) >= 11 is 16.4. The van der Waals surface area contributed by atoms with E-state index in [4.69, 9.17) is 34.8 Å². The molecular weight excluding hydrogens is 251 g/mol. The Morgan fingerprint density at radius 1 is 1.50 bits per heavy atom. The molecule has 14 heavy (non-hydrogen) atoms. The molecule has 0 rings (SSSR count). The third-order valence-electron chi connectivity index (χ3n) is 1.21. The molecule has 0 bridgehead atoms. The maximum atomic E-state index is 12.9. The van der Waals surface area contributed by atoms with Gasteiger partial charge in [0.1, 0.15) is 17.5 Å². The number of hydrogen-bond acceptors (Lipinski definition) is 2. The van der Waals surface area contributed by atoms with Crippen molar-refractivity contribution in [1.29, 1.82) is 0 Å². The Morgan fingerprint density at radius 3 is 2.43 bits per heavy atom. The fraction of sp³-hybridized carbons (Fsp3) is 0.714. The SMILES string of the molecule is CC(Cl)=NC(Cl)=N[C@@H](NCCl)C(C)F. The van der Waals surface area contributed by atoms with Crippen LogP contribution < -0.4 is 5.32 Å². The Kier molecular flexibility index (Phi) is 7.45. The summed E-state index contributed by atoms with van der Waals surface area (Å²) in [4.78, 5) is 7.38. The molecule has 0 aromatic rings. The lowest BCUT2D eigenvalue weighted by atomic mass is 10.3. The minimum absolute atomic E-state index is 0.0795. The lowest BCUT2D eigenvalue weighted by molar-refractivity contribution is 0.283. The summed E-state index contributed by atoms with van der Waals surface area (Å²) in [6.45, 7) is 2.89. The van der Waals surface area contributed by atoms with Crippen LogP contribution in [0.1, 0.15) is 13.8 Å². The lowest BCUT2D eigenvalue weighted by Crippen LogP contribution is -2.34. The Labute approximate surface area is 97.3 Å². The first kappa shape index (κ1) is 14.1. The van der Waals surface area contributed by atoms with E-state index in [0.717, 1.165) is 0 Å². The zero-order valence-corrected chi connectivity index (χ0v) is 10.0. The predicted molar refractivity (Wildman–Crippen MR) is 60.5 cm³/mol. The molecule has 0 aliphatic carbocycles. The van der Waals surface area contributed by atoms with Crippen molar-refractivity contribution < 1.29 is 4.39 Å². The molecule has 82 valence electrons. The topological polar surface area (TPSA) is 36.8 Å². The molecule has 0 aromatic carbocycles. The monoisotopic (exact) mass is 261 g/mol. The van der Waals surface area contributed by atoms with Crippen LogP contribution in [0.25, 0.3) is 0 Å². The summed E-state index contributed by atoms with van der Waals surface area (Å²) < 4.78 is 12.9. The highest BCUT2D eigenvalue weighted by molar-refractivity contribution is 6.71. The number of nitrogens with zero attached hydrogens (tertiary/aromatic N) is 2. The normalized spacial score (nSPS) is 18.1. The number of aliphatic imine (C=N–C) groups is 2. The highest BCUT2D eigenvalue weighted by Gasteiger charge is 2.14. The Hall–Kier alpha value is 0.1000. The smallest absolute Gasteiger partial charge is 0.220 e. The van der Waals surface area contributed by atoms with Gasteiger partial charge in [-0.3, -0.25) is 5.32 Å². The van der Waals surface area contributed by atoms with E-state index in [1.807, 2.05) is 0 Å². The molecule has 0 saturated carbocycles. The van der Waals surface area contributed by atoms with Crippen molar-refractivity contribution in [1.82, 2.24) is 5.32 Å². The Balaban J connectivity index is 4.46. The van der Waals surface area contributed by atoms with Gasteiger partial charge in [-0.05, 0) is 25.4 Å². The maximum absolute atomic E-state index is 12.9. The molecule has 0 aliphatic heterocycles. The molecule has 0 radical (unpaired) electrons. The van der Waals surface area contributed by atoms with E-state index in [2.05, 4.69) is 15.3 Å². The Morgan fingerprint density at radius 2 is 2.07 bits per heavy atom. The van der Waals surface area contributed by atoms with Crippen molar-refractivity contribution in [2.75, 3.05) is 6.00 Å². The van der Waals surface area contributed by atoms with Crippen molar-refractivity contribution in [2.24, 2.45) is 9.98 Å². The van der Waals surface area contributed by atoms with E-state index in [-0.39, 0.29) is 16.5 Å². The maximum Gasteiger partial charge on any atom is 0.220 e. The first-order chi connectivity index (χ1) is 6.47. The number of hydrogen-bond donors (Lipinski definition) is 1. The standard InChI is InChI=1S/C7H11Cl3FN3/c1-4(11)6(12-3-8)14-7(10)13-5(2)9/h4,6,12H,3H2,1-2H3/t4?,6-/m1/s1. The zero-order chi connectivity index (χ0) is 11.1. The van der Waals surface area contributed by atoms with Crippen molar-refractivity contribution in [2.45, 2.75) is 26.2 Å². The van der Waals surface area contributed by atoms with E-state index in [9.17, 15) is 4.39 Å². The molecule has 7 heteroatoms. The number of amidine groups is 1. The number of alkyl halides is 2. The van der Waals surface area contributed by atoms with Crippen LogP contribution in [0, 0.1) is 0 Å². The van der Waals surface area contributed by atoms with Crippen LogP contribution in [0.5, 0.6) is 0 Å². The van der Waals surface area contributed by atoms with Gasteiger partial charge < -0.3 is 0 Å². The average molecular weight is 263 g/mol. The van der Waals surface area contributed by atoms with Crippen LogP contribution in [-0.4, -0.2) is 28.8 Å². The second-order valence-electron chi connectivity index (χ2n) is 2.47. The van der Waals surface area contributed by atoms with Gasteiger partial charge in [0.15, 0.2) is 0 Å². The minimum Gasteiger partial charge on any atom is -0.280 e. The van der Waals surface area contributed by atoms with Crippen LogP contribution in [0.3, 0.4) is 0 Å². The highest BCUT2D eigenvalue weighted by atomic mass is 35.5. The van der Waals surface area contributed by atoms with E-state index < -0.39 is 12.3 Å². The summed E-state index contributed by atoms with van der Waals surface area (Å²) in [5.41, 5.74) is 0. The summed E-state index contributed by atoms with van der Waals surface area (Å²) in [5.74, 6) is 0. The molecule has 1 N–H and O–H groups in total. The minimum atomic E-state index is -1.21. The average Bonchev–Trinajstić information content (AvgIpc) is 2.01. The molecule has 0 heterocycles. The van der Waals surface area contributed by atoms with Gasteiger partial charge >= 0.3 is 0 Å². The van der Waals surface area contributed by atoms with Gasteiger partial charge in [0.25, 0.3) is 0 Å². The van der Waals surface area contributed by atoms with Gasteiger partial charge in [-0.2, -0.15) is 0 Å². The molecule has 3 nitrogen and oxygen atoms in total. The fourth-order valence-electron chi connectivity index (χ4n) is 0.661. The summed E-state index contributed by atoms with van der Waals surface area (Å²) in [6.07, 6.45) is -2.02. The van der Waals surface area contributed by atoms with Gasteiger partial charge in [-0.15, -0.1) is 11.6 Å². The molecule has 0 spiro atoms. The second kappa shape index (κ2) is 7.40. The van der Waals surface area contributed by atoms with E-state index in [0.29, 0.717) is 0 Å². The van der Waals surface area contributed by atoms with Crippen LogP contribution in [0.2, 0.25) is 0 Å². The van der Waals surface area contributed by atoms with Crippen molar-refractivity contribution in [3.8, 4) is 0 Å². The number of rotatable bonds is 4. The van der Waals surface area contributed by atoms with E-state index in [1.54, 1.807) is 6.92 Å². The van der Waals surface area contributed by atoms with Gasteiger partial charge in [0, 0.05) is 0 Å². The van der Waals surface area contributed by atoms with Crippen molar-refractivity contribution in [3.63, 3.8) is 0 Å². The number of nitrogens with one attached hydrogen (secondary N) is 1. The molecule has 0 fully saturated rings. The molecule has 2 atom stereocenters. The van der Waals surface area contributed by atoms with Gasteiger partial charge in [-0.1, -0.05) is 11.6 Å². The second-order valence-corrected chi connectivity index (χ2v) is 3.62. The largest absolute Gasteiger partial charge is 0.280 e. The molecule has 0 saturated heterocycles. The molecular formula is C7H11Cl3FN3. The van der Waals surface area contributed by atoms with Crippen molar-refractivity contribution >= 4 is 45.3 Å². The molecule has 0 amide bonds. The van der Waals surface area contributed by atoms with E-state index in [1.165, 1.54) is 6.92 Å². The molecule has 0 aliphatic rings. The quantitative estimate of drug-likeness (QED) is 0.360. The van der Waals surface area contributed by atoms with Gasteiger partial charge in [0.2, 0.25) is 5.29 Å². The number of halogens is 4. The highest BCUT2D eigenvalue weighted by Crippen LogP contribution is 2.03. The third kappa shape index (κ3) is 6.54. The lowest BCUT2D eigenvalue weighted by Gasteiger charge is -2.13. The van der Waals surface area contributed by atoms with Crippen LogP contribution in [0.15, 0.2) is 9.98 Å². The first-order valence-electron chi connectivity index (χ1n) is 3.85. The molecule has 1 unspecified atom stereocenters. The van der Waals surface area contributed by atoms with Gasteiger partial charge in [-0.25, -0.2) is 14.4 Å². The molecule has 0 aromatic heterocycles. The summed E-state index contributed by atoms with van der Waals surface area (Å²) in [6, 6.07) is 0.0795. The zero-order valence-electron chi connectivity index (χ0n) is 7.77. The van der Waals surface area contributed by atoms with Crippen LogP contribution >= 0.6 is 34.8 Å². The van der Waals surface area contributed by atoms with E-state index >= 15 is 0 Å². The van der Waals surface area contributed by atoms with Gasteiger partial charge in [0.05, 0.1) is 6.00 Å². The predicted octanol–water partition coefficient (Wildman–Crippen LogP) is 2.71.